The summed E-state index contributed by atoms with van der Waals surface area (Å²) in [5.74, 6) is 0.749. The molecule has 0 saturated carbocycles. The van der Waals surface area contributed by atoms with E-state index < -0.39 is 0 Å². The van der Waals surface area contributed by atoms with Crippen molar-refractivity contribution in [3.8, 4) is 5.88 Å². The molecule has 1 aromatic heterocycles. The Hall–Kier alpha value is -0.770. The highest BCUT2D eigenvalue weighted by molar-refractivity contribution is 7.98. The summed E-state index contributed by atoms with van der Waals surface area (Å²) >= 11 is 1.66. The number of thioether (sulfide) groups is 1. The average Bonchev–Trinajstić information content (AvgIpc) is 2.01. The zero-order valence-corrected chi connectivity index (χ0v) is 8.22. The Kier molecular flexibility index (Phi) is 2.92. The molecule has 0 aliphatic heterocycles. The first kappa shape index (κ1) is 9.32. The first-order valence-corrected chi connectivity index (χ1v) is 4.99. The van der Waals surface area contributed by atoms with Gasteiger partial charge in [0.2, 0.25) is 5.88 Å². The monoisotopic (exact) mass is 184 g/mol. The van der Waals surface area contributed by atoms with Crippen molar-refractivity contribution in [3.63, 3.8) is 0 Å². The van der Waals surface area contributed by atoms with Crippen molar-refractivity contribution in [1.29, 1.82) is 0 Å². The van der Waals surface area contributed by atoms with E-state index in [2.05, 4.69) is 9.97 Å². The van der Waals surface area contributed by atoms with Crippen LogP contribution in [0.3, 0.4) is 0 Å². The minimum absolute atomic E-state index is 0.0541. The van der Waals surface area contributed by atoms with Gasteiger partial charge in [0.1, 0.15) is 5.82 Å². The van der Waals surface area contributed by atoms with E-state index in [-0.39, 0.29) is 11.1 Å². The normalized spacial score (nSPS) is 12.9. The van der Waals surface area contributed by atoms with Gasteiger partial charge in [-0.15, -0.1) is 0 Å². The third-order valence-electron chi connectivity index (χ3n) is 1.58. The highest BCUT2D eigenvalue weighted by Crippen LogP contribution is 2.23. The van der Waals surface area contributed by atoms with Crippen molar-refractivity contribution in [3.05, 3.63) is 17.6 Å². The molecular formula is C8H12N2OS. The molecule has 1 atom stereocenters. The fourth-order valence-electron chi connectivity index (χ4n) is 0.862. The summed E-state index contributed by atoms with van der Waals surface area (Å²) in [4.78, 5) is 8.14. The number of rotatable bonds is 2. The summed E-state index contributed by atoms with van der Waals surface area (Å²) in [5.41, 5.74) is 0.804. The lowest BCUT2D eigenvalue weighted by molar-refractivity contribution is 0.448. The summed E-state index contributed by atoms with van der Waals surface area (Å²) in [7, 11) is 0. The number of aryl methyl sites for hydroxylation is 1. The van der Waals surface area contributed by atoms with Gasteiger partial charge in [0, 0.05) is 11.8 Å². The molecule has 0 radical (unpaired) electrons. The maximum atomic E-state index is 9.18. The predicted octanol–water partition coefficient (Wildman–Crippen LogP) is 1.91. The first-order valence-electron chi connectivity index (χ1n) is 3.71. The second-order valence-corrected chi connectivity index (χ2v) is 3.78. The highest BCUT2D eigenvalue weighted by Gasteiger charge is 2.08. The second kappa shape index (κ2) is 3.76. The van der Waals surface area contributed by atoms with Gasteiger partial charge in [0.15, 0.2) is 0 Å². The van der Waals surface area contributed by atoms with Gasteiger partial charge in [-0.05, 0) is 20.1 Å². The standard InChI is InChI=1S/C8H12N2OS/c1-5-4-7(11)10-8(9-5)6(2)12-3/h4,6H,1-3H3,(H,9,10,11). The van der Waals surface area contributed by atoms with Crippen LogP contribution in [0.1, 0.15) is 23.7 Å². The third-order valence-corrected chi connectivity index (χ3v) is 2.49. The van der Waals surface area contributed by atoms with Crippen molar-refractivity contribution in [2.75, 3.05) is 6.26 Å². The number of hydrogen-bond acceptors (Lipinski definition) is 4. The molecule has 66 valence electrons. The van der Waals surface area contributed by atoms with Gasteiger partial charge in [-0.3, -0.25) is 0 Å². The number of hydrogen-bond donors (Lipinski definition) is 1. The molecule has 0 saturated heterocycles. The molecular weight excluding hydrogens is 172 g/mol. The minimum atomic E-state index is 0.0541. The molecule has 12 heavy (non-hydrogen) atoms. The molecule has 0 aliphatic carbocycles. The maximum absolute atomic E-state index is 9.18. The second-order valence-electron chi connectivity index (χ2n) is 2.60. The van der Waals surface area contributed by atoms with Crippen LogP contribution in [0.15, 0.2) is 6.07 Å². The van der Waals surface area contributed by atoms with Crippen LogP contribution in [0.5, 0.6) is 5.88 Å². The Balaban J connectivity index is 3.00. The Labute approximate surface area is 76.2 Å². The molecule has 0 amide bonds. The van der Waals surface area contributed by atoms with Crippen LogP contribution in [0.25, 0.3) is 0 Å². The van der Waals surface area contributed by atoms with Gasteiger partial charge < -0.3 is 5.11 Å². The summed E-state index contributed by atoms with van der Waals surface area (Å²) in [6, 6.07) is 1.55. The molecule has 1 unspecified atom stereocenters. The van der Waals surface area contributed by atoms with E-state index in [1.54, 1.807) is 17.8 Å². The molecule has 1 N–H and O–H groups in total. The molecule has 1 aromatic rings. The number of aromatic nitrogens is 2. The zero-order valence-electron chi connectivity index (χ0n) is 7.40. The van der Waals surface area contributed by atoms with Crippen LogP contribution >= 0.6 is 11.8 Å². The summed E-state index contributed by atoms with van der Waals surface area (Å²) < 4.78 is 0. The largest absolute Gasteiger partial charge is 0.493 e. The fourth-order valence-corrected chi connectivity index (χ4v) is 1.18. The van der Waals surface area contributed by atoms with Gasteiger partial charge in [0.25, 0.3) is 0 Å². The van der Waals surface area contributed by atoms with Crippen molar-refractivity contribution < 1.29 is 5.11 Å². The molecule has 0 aliphatic rings. The molecule has 3 nitrogen and oxygen atoms in total. The number of aromatic hydroxyl groups is 1. The van der Waals surface area contributed by atoms with Crippen molar-refractivity contribution in [1.82, 2.24) is 9.97 Å². The van der Waals surface area contributed by atoms with Crippen LogP contribution in [0.4, 0.5) is 0 Å². The van der Waals surface area contributed by atoms with Crippen LogP contribution in [-0.4, -0.2) is 21.3 Å². The van der Waals surface area contributed by atoms with Crippen LogP contribution < -0.4 is 0 Å². The highest BCUT2D eigenvalue weighted by atomic mass is 32.2. The van der Waals surface area contributed by atoms with Crippen LogP contribution in [0.2, 0.25) is 0 Å². The molecule has 1 rings (SSSR count). The lowest BCUT2D eigenvalue weighted by Crippen LogP contribution is -1.98. The average molecular weight is 184 g/mol. The van der Waals surface area contributed by atoms with Gasteiger partial charge in [-0.2, -0.15) is 16.7 Å². The maximum Gasteiger partial charge on any atom is 0.214 e. The van der Waals surface area contributed by atoms with Crippen molar-refractivity contribution in [2.24, 2.45) is 0 Å². The lowest BCUT2D eigenvalue weighted by Gasteiger charge is -2.06. The quantitative estimate of drug-likeness (QED) is 0.762. The first-order chi connectivity index (χ1) is 5.63. The SMILES string of the molecule is CSC(C)c1nc(C)cc(O)n1. The number of nitrogens with zero attached hydrogens (tertiary/aromatic N) is 2. The van der Waals surface area contributed by atoms with E-state index in [4.69, 9.17) is 0 Å². The third kappa shape index (κ3) is 2.11. The Morgan fingerprint density at radius 3 is 2.67 bits per heavy atom. The molecule has 0 fully saturated rings. The molecule has 1 heterocycles. The minimum Gasteiger partial charge on any atom is -0.493 e. The summed E-state index contributed by atoms with van der Waals surface area (Å²) in [6.45, 7) is 3.86. The van der Waals surface area contributed by atoms with Gasteiger partial charge in [0.05, 0.1) is 5.25 Å². The van der Waals surface area contributed by atoms with Gasteiger partial charge in [-0.25, -0.2) is 4.98 Å². The van der Waals surface area contributed by atoms with E-state index in [1.807, 2.05) is 20.1 Å². The smallest absolute Gasteiger partial charge is 0.214 e. The summed E-state index contributed by atoms with van der Waals surface area (Å²) in [6.07, 6.45) is 1.99. The van der Waals surface area contributed by atoms with E-state index in [0.717, 1.165) is 5.69 Å². The van der Waals surface area contributed by atoms with Crippen LogP contribution in [-0.2, 0) is 0 Å². The topological polar surface area (TPSA) is 46.0 Å². The van der Waals surface area contributed by atoms with Gasteiger partial charge >= 0.3 is 0 Å². The predicted molar refractivity (Wildman–Crippen MR) is 50.4 cm³/mol. The lowest BCUT2D eigenvalue weighted by atomic mass is 10.4. The Morgan fingerprint density at radius 2 is 2.17 bits per heavy atom. The Bertz CT molecular complexity index is 258. The molecule has 0 aromatic carbocycles. The van der Waals surface area contributed by atoms with E-state index in [1.165, 1.54) is 0 Å². The molecule has 4 heteroatoms. The van der Waals surface area contributed by atoms with Gasteiger partial charge in [-0.1, -0.05) is 0 Å². The van der Waals surface area contributed by atoms with E-state index >= 15 is 0 Å². The fraction of sp³-hybridized carbons (Fsp3) is 0.500. The van der Waals surface area contributed by atoms with E-state index in [0.29, 0.717) is 5.82 Å². The van der Waals surface area contributed by atoms with E-state index in [9.17, 15) is 5.11 Å². The van der Waals surface area contributed by atoms with Crippen LogP contribution in [0, 0.1) is 6.92 Å². The van der Waals surface area contributed by atoms with Crippen molar-refractivity contribution >= 4 is 11.8 Å². The Morgan fingerprint density at radius 1 is 1.50 bits per heavy atom. The molecule has 0 spiro atoms. The van der Waals surface area contributed by atoms with Crippen molar-refractivity contribution in [2.45, 2.75) is 19.1 Å². The summed E-state index contributed by atoms with van der Waals surface area (Å²) in [5, 5.41) is 9.41. The zero-order chi connectivity index (χ0) is 9.14. The molecule has 0 bridgehead atoms.